The standard InChI is InChI=1S/C17H16F2N4O2S2/c1-9-7-13(14(24)8-26-17-22-21-16(20)27-17)10(2)23(9)11-3-5-12(6-4-11)25-15(18)19/h3-7,15H,8H2,1-2H3,(H2,20,21). The van der Waals surface area contributed by atoms with Crippen LogP contribution in [-0.2, 0) is 0 Å². The Bertz CT molecular complexity index is 955. The molecule has 2 aromatic heterocycles. The molecule has 10 heteroatoms. The largest absolute Gasteiger partial charge is 0.435 e. The lowest BCUT2D eigenvalue weighted by molar-refractivity contribution is -0.0498. The Morgan fingerprint density at radius 1 is 1.30 bits per heavy atom. The van der Waals surface area contributed by atoms with Gasteiger partial charge in [-0.25, -0.2) is 0 Å². The molecule has 0 saturated heterocycles. The summed E-state index contributed by atoms with van der Waals surface area (Å²) in [5.74, 6) is 0.270. The Labute approximate surface area is 162 Å². The number of nitrogens with two attached hydrogens (primary N) is 1. The van der Waals surface area contributed by atoms with Crippen molar-refractivity contribution in [3.63, 3.8) is 0 Å². The molecule has 0 aliphatic rings. The van der Waals surface area contributed by atoms with E-state index in [1.165, 1.54) is 35.2 Å². The van der Waals surface area contributed by atoms with Crippen molar-refractivity contribution in [2.75, 3.05) is 11.5 Å². The van der Waals surface area contributed by atoms with Gasteiger partial charge < -0.3 is 15.0 Å². The third-order valence-electron chi connectivity index (χ3n) is 3.80. The third kappa shape index (κ3) is 4.45. The van der Waals surface area contributed by atoms with Gasteiger partial charge in [0.05, 0.1) is 5.75 Å². The van der Waals surface area contributed by atoms with Crippen molar-refractivity contribution in [3.8, 4) is 11.4 Å². The van der Waals surface area contributed by atoms with Crippen molar-refractivity contribution < 1.29 is 18.3 Å². The molecule has 0 bridgehead atoms. The van der Waals surface area contributed by atoms with E-state index in [0.29, 0.717) is 15.0 Å². The van der Waals surface area contributed by atoms with E-state index in [0.717, 1.165) is 17.1 Å². The van der Waals surface area contributed by atoms with Gasteiger partial charge in [-0.2, -0.15) is 8.78 Å². The molecule has 3 rings (SSSR count). The lowest BCUT2D eigenvalue weighted by Gasteiger charge is -2.11. The number of ether oxygens (including phenoxy) is 1. The summed E-state index contributed by atoms with van der Waals surface area (Å²) in [6.07, 6.45) is 0. The summed E-state index contributed by atoms with van der Waals surface area (Å²) in [6, 6.07) is 8.10. The van der Waals surface area contributed by atoms with E-state index >= 15 is 0 Å². The highest BCUT2D eigenvalue weighted by molar-refractivity contribution is 8.01. The minimum Gasteiger partial charge on any atom is -0.435 e. The fourth-order valence-corrected chi connectivity index (χ4v) is 4.22. The Morgan fingerprint density at radius 2 is 2.00 bits per heavy atom. The second-order valence-corrected chi connectivity index (χ2v) is 7.84. The SMILES string of the molecule is Cc1cc(C(=O)CSc2nnc(N)s2)c(C)n1-c1ccc(OC(F)F)cc1. The predicted molar refractivity (Wildman–Crippen MR) is 101 cm³/mol. The van der Waals surface area contributed by atoms with E-state index in [-0.39, 0.29) is 17.3 Å². The summed E-state index contributed by atoms with van der Waals surface area (Å²) < 4.78 is 31.5. The van der Waals surface area contributed by atoms with Gasteiger partial charge in [0, 0.05) is 22.6 Å². The zero-order valence-corrected chi connectivity index (χ0v) is 16.1. The Morgan fingerprint density at radius 3 is 2.59 bits per heavy atom. The van der Waals surface area contributed by atoms with Crippen LogP contribution in [0.4, 0.5) is 13.9 Å². The number of hydrogen-bond donors (Lipinski definition) is 1. The molecule has 142 valence electrons. The molecule has 0 unspecified atom stereocenters. The molecule has 0 aliphatic carbocycles. The monoisotopic (exact) mass is 410 g/mol. The first-order chi connectivity index (χ1) is 12.8. The van der Waals surface area contributed by atoms with Gasteiger partial charge in [-0.05, 0) is 44.2 Å². The van der Waals surface area contributed by atoms with Gasteiger partial charge in [0.25, 0.3) is 0 Å². The van der Waals surface area contributed by atoms with Crippen LogP contribution in [0.15, 0.2) is 34.7 Å². The molecule has 0 atom stereocenters. The maximum Gasteiger partial charge on any atom is 0.387 e. The van der Waals surface area contributed by atoms with E-state index in [2.05, 4.69) is 14.9 Å². The summed E-state index contributed by atoms with van der Waals surface area (Å²) in [5.41, 5.74) is 8.54. The van der Waals surface area contributed by atoms with Gasteiger partial charge in [0.1, 0.15) is 5.75 Å². The van der Waals surface area contributed by atoms with Crippen molar-refractivity contribution in [1.82, 2.24) is 14.8 Å². The minimum absolute atomic E-state index is 0.0363. The molecule has 1 aromatic carbocycles. The number of hydrogen-bond acceptors (Lipinski definition) is 7. The minimum atomic E-state index is -2.86. The number of nitrogen functional groups attached to an aromatic ring is 1. The number of carbonyl (C=O) groups is 1. The number of rotatable bonds is 7. The van der Waals surface area contributed by atoms with Gasteiger partial charge in [-0.3, -0.25) is 4.79 Å². The molecular weight excluding hydrogens is 394 g/mol. The summed E-state index contributed by atoms with van der Waals surface area (Å²) in [6.45, 7) is 0.861. The van der Waals surface area contributed by atoms with Gasteiger partial charge in [0.15, 0.2) is 10.1 Å². The molecule has 27 heavy (non-hydrogen) atoms. The number of carbonyl (C=O) groups excluding carboxylic acids is 1. The highest BCUT2D eigenvalue weighted by Crippen LogP contribution is 2.27. The molecule has 0 aliphatic heterocycles. The number of Topliss-reactive ketones (excluding diaryl/α,β-unsaturated/α-hetero) is 1. The topological polar surface area (TPSA) is 83.0 Å². The maximum absolute atomic E-state index is 12.6. The van der Waals surface area contributed by atoms with Crippen molar-refractivity contribution >= 4 is 34.0 Å². The summed E-state index contributed by atoms with van der Waals surface area (Å²) in [7, 11) is 0. The number of anilines is 1. The molecule has 2 N–H and O–H groups in total. The lowest BCUT2D eigenvalue weighted by atomic mass is 10.2. The average molecular weight is 410 g/mol. The quantitative estimate of drug-likeness (QED) is 0.466. The fraction of sp³-hybridized carbons (Fsp3) is 0.235. The molecular formula is C17H16F2N4O2S2. The van der Waals surface area contributed by atoms with Crippen LogP contribution in [0.3, 0.4) is 0 Å². The van der Waals surface area contributed by atoms with E-state index in [1.54, 1.807) is 12.1 Å². The molecule has 0 saturated carbocycles. The van der Waals surface area contributed by atoms with Crippen LogP contribution in [0.1, 0.15) is 21.7 Å². The molecule has 6 nitrogen and oxygen atoms in total. The van der Waals surface area contributed by atoms with E-state index in [1.807, 2.05) is 24.5 Å². The highest BCUT2D eigenvalue weighted by atomic mass is 32.2. The Kier molecular flexibility index (Phi) is 5.76. The second kappa shape index (κ2) is 8.05. The lowest BCUT2D eigenvalue weighted by Crippen LogP contribution is -2.06. The molecule has 2 heterocycles. The van der Waals surface area contributed by atoms with Gasteiger partial charge in [-0.15, -0.1) is 10.2 Å². The molecule has 0 spiro atoms. The van der Waals surface area contributed by atoms with Crippen molar-refractivity contribution in [3.05, 3.63) is 47.3 Å². The highest BCUT2D eigenvalue weighted by Gasteiger charge is 2.18. The number of aromatic nitrogens is 3. The molecule has 0 fully saturated rings. The van der Waals surface area contributed by atoms with Crippen LogP contribution in [0.5, 0.6) is 5.75 Å². The van der Waals surface area contributed by atoms with Gasteiger partial charge in [-0.1, -0.05) is 23.1 Å². The molecule has 0 amide bonds. The molecule has 3 aromatic rings. The zero-order valence-electron chi connectivity index (χ0n) is 14.5. The van der Waals surface area contributed by atoms with Crippen LogP contribution in [0.2, 0.25) is 0 Å². The Balaban J connectivity index is 1.78. The Hall–Kier alpha value is -2.46. The van der Waals surface area contributed by atoms with Crippen molar-refractivity contribution in [1.29, 1.82) is 0 Å². The number of ketones is 1. The summed E-state index contributed by atoms with van der Waals surface area (Å²) in [4.78, 5) is 12.6. The summed E-state index contributed by atoms with van der Waals surface area (Å²) >= 11 is 2.53. The second-order valence-electron chi connectivity index (χ2n) is 5.61. The number of halogens is 2. The fourth-order valence-electron chi connectivity index (χ4n) is 2.70. The number of aryl methyl sites for hydroxylation is 1. The van der Waals surface area contributed by atoms with Crippen LogP contribution in [0, 0.1) is 13.8 Å². The van der Waals surface area contributed by atoms with E-state index < -0.39 is 6.61 Å². The van der Waals surface area contributed by atoms with Crippen molar-refractivity contribution in [2.45, 2.75) is 24.8 Å². The average Bonchev–Trinajstić information content (AvgIpc) is 3.16. The number of alkyl halides is 2. The summed E-state index contributed by atoms with van der Waals surface area (Å²) in [5, 5.41) is 7.97. The zero-order chi connectivity index (χ0) is 19.6. The number of nitrogens with zero attached hydrogens (tertiary/aromatic N) is 3. The number of thioether (sulfide) groups is 1. The smallest absolute Gasteiger partial charge is 0.387 e. The first-order valence-corrected chi connectivity index (χ1v) is 9.64. The number of benzene rings is 1. The van der Waals surface area contributed by atoms with Crippen LogP contribution in [-0.4, -0.2) is 32.9 Å². The molecule has 0 radical (unpaired) electrons. The predicted octanol–water partition coefficient (Wildman–Crippen LogP) is 4.10. The first-order valence-electron chi connectivity index (χ1n) is 7.84. The van der Waals surface area contributed by atoms with Crippen molar-refractivity contribution in [2.24, 2.45) is 0 Å². The van der Waals surface area contributed by atoms with Gasteiger partial charge >= 0.3 is 6.61 Å². The van der Waals surface area contributed by atoms with Crippen LogP contribution < -0.4 is 10.5 Å². The van der Waals surface area contributed by atoms with Crippen LogP contribution in [0.25, 0.3) is 5.69 Å². The van der Waals surface area contributed by atoms with E-state index in [4.69, 9.17) is 5.73 Å². The van der Waals surface area contributed by atoms with E-state index in [9.17, 15) is 13.6 Å². The third-order valence-corrected chi connectivity index (χ3v) is 5.69. The van der Waals surface area contributed by atoms with Gasteiger partial charge in [0.2, 0.25) is 5.13 Å². The maximum atomic E-state index is 12.6. The first kappa shape index (κ1) is 19.3. The normalized spacial score (nSPS) is 11.1. The van der Waals surface area contributed by atoms with Crippen LogP contribution >= 0.6 is 23.1 Å².